The van der Waals surface area contributed by atoms with Crippen LogP contribution in [0.5, 0.6) is 0 Å². The second kappa shape index (κ2) is 20.4. The first kappa shape index (κ1) is 33.4. The van der Waals surface area contributed by atoms with E-state index in [1.165, 1.54) is 89.9 Å². The van der Waals surface area contributed by atoms with E-state index in [1.807, 2.05) is 32.9 Å². The molecule has 3 atom stereocenters. The first-order valence-electron chi connectivity index (χ1n) is 14.4. The van der Waals surface area contributed by atoms with Crippen LogP contribution in [0.25, 0.3) is 0 Å². The van der Waals surface area contributed by atoms with Crippen LogP contribution in [0.2, 0.25) is 0 Å². The van der Waals surface area contributed by atoms with Gasteiger partial charge in [-0.15, -0.1) is 0 Å². The van der Waals surface area contributed by atoms with Gasteiger partial charge in [-0.25, -0.2) is 0 Å². The first-order valence-corrected chi connectivity index (χ1v) is 16.9. The van der Waals surface area contributed by atoms with Gasteiger partial charge in [-0.3, -0.25) is 4.57 Å². The van der Waals surface area contributed by atoms with E-state index in [-0.39, 0.29) is 19.3 Å². The molecule has 0 bridgehead atoms. The minimum atomic E-state index is -4.28. The fraction of sp³-hybridized carbons (Fsp3) is 1.00. The van der Waals surface area contributed by atoms with E-state index in [2.05, 4.69) is 6.92 Å². The average Bonchev–Trinajstić information content (AvgIpc) is 2.80. The summed E-state index contributed by atoms with van der Waals surface area (Å²) in [4.78, 5) is 12.1. The Kier molecular flexibility index (Phi) is 19.4. The molecule has 0 saturated carbocycles. The number of thioether (sulfide) groups is 1. The lowest BCUT2D eigenvalue weighted by Crippen LogP contribution is -2.38. The number of quaternary nitrogens is 1. The highest BCUT2D eigenvalue weighted by atomic mass is 32.2. The van der Waals surface area contributed by atoms with Crippen molar-refractivity contribution in [3.8, 4) is 0 Å². The maximum absolute atomic E-state index is 12.1. The Labute approximate surface area is 221 Å². The third-order valence-electron chi connectivity index (χ3n) is 6.62. The lowest BCUT2D eigenvalue weighted by Gasteiger charge is -2.33. The van der Waals surface area contributed by atoms with Crippen LogP contribution in [-0.4, -0.2) is 69.1 Å². The van der Waals surface area contributed by atoms with Crippen molar-refractivity contribution in [3.63, 3.8) is 0 Å². The van der Waals surface area contributed by atoms with Gasteiger partial charge >= 0.3 is 0 Å². The zero-order valence-corrected chi connectivity index (χ0v) is 25.1. The third kappa shape index (κ3) is 20.1. The summed E-state index contributed by atoms with van der Waals surface area (Å²) in [6.07, 6.45) is 21.2. The number of ether oxygens (including phenoxy) is 1. The molecule has 1 saturated heterocycles. The molecule has 0 N–H and O–H groups in total. The molecular weight excluding hydrogens is 481 g/mol. The quantitative estimate of drug-likeness (QED) is 0.0798. The van der Waals surface area contributed by atoms with Gasteiger partial charge < -0.3 is 23.2 Å². The van der Waals surface area contributed by atoms with Crippen LogP contribution in [0.3, 0.4) is 0 Å². The van der Waals surface area contributed by atoms with Crippen molar-refractivity contribution in [2.75, 3.05) is 53.3 Å². The minimum absolute atomic E-state index is 0.0571. The van der Waals surface area contributed by atoms with Gasteiger partial charge in [-0.05, 0) is 25.0 Å². The van der Waals surface area contributed by atoms with Crippen LogP contribution in [0.4, 0.5) is 0 Å². The summed E-state index contributed by atoms with van der Waals surface area (Å²) in [5, 5.41) is 0.303. The Bertz CT molecular complexity index is 546. The molecule has 0 aromatic carbocycles. The van der Waals surface area contributed by atoms with E-state index in [0.29, 0.717) is 22.9 Å². The second-order valence-corrected chi connectivity index (χ2v) is 13.9. The number of phosphoric ester groups is 1. The number of rotatable bonds is 23. The van der Waals surface area contributed by atoms with Crippen molar-refractivity contribution < 1.29 is 27.7 Å². The minimum Gasteiger partial charge on any atom is -0.756 e. The molecule has 1 rings (SSSR count). The molecule has 0 aliphatic carbocycles. The van der Waals surface area contributed by atoms with Crippen molar-refractivity contribution in [1.82, 2.24) is 0 Å². The van der Waals surface area contributed by atoms with Crippen LogP contribution in [0.1, 0.15) is 110 Å². The summed E-state index contributed by atoms with van der Waals surface area (Å²) in [7, 11) is 1.70. The fourth-order valence-corrected chi connectivity index (χ4v) is 6.41. The molecule has 0 aromatic heterocycles. The summed E-state index contributed by atoms with van der Waals surface area (Å²) in [6.45, 7) is 3.75. The normalized spacial score (nSPS) is 20.7. The van der Waals surface area contributed by atoms with Gasteiger partial charge in [0.1, 0.15) is 13.2 Å². The van der Waals surface area contributed by atoms with E-state index < -0.39 is 7.82 Å². The number of hydrogen-bond acceptors (Lipinski definition) is 6. The van der Waals surface area contributed by atoms with Crippen LogP contribution in [0.15, 0.2) is 0 Å². The zero-order chi connectivity index (χ0) is 25.8. The number of hydrogen-bond donors (Lipinski definition) is 0. The Morgan fingerprint density at radius 2 is 1.43 bits per heavy atom. The molecule has 1 heterocycles. The van der Waals surface area contributed by atoms with Gasteiger partial charge in [0.05, 0.1) is 33.9 Å². The van der Waals surface area contributed by atoms with E-state index in [9.17, 15) is 9.46 Å². The summed E-state index contributed by atoms with van der Waals surface area (Å²) in [5.41, 5.74) is 0. The van der Waals surface area contributed by atoms with Crippen molar-refractivity contribution >= 4 is 19.6 Å². The highest BCUT2D eigenvalue weighted by Gasteiger charge is 2.28. The van der Waals surface area contributed by atoms with Crippen molar-refractivity contribution in [2.24, 2.45) is 0 Å². The van der Waals surface area contributed by atoms with Crippen LogP contribution in [-0.2, 0) is 18.3 Å². The van der Waals surface area contributed by atoms with Crippen molar-refractivity contribution in [2.45, 2.75) is 121 Å². The fourth-order valence-electron chi connectivity index (χ4n) is 4.32. The molecule has 1 aliphatic heterocycles. The van der Waals surface area contributed by atoms with E-state index in [4.69, 9.17) is 13.8 Å². The molecule has 1 aliphatic rings. The molecule has 8 heteroatoms. The number of nitrogens with zero attached hydrogens (tertiary/aromatic N) is 1. The van der Waals surface area contributed by atoms with E-state index in [1.54, 1.807) is 0 Å². The van der Waals surface area contributed by atoms with Gasteiger partial charge in [0.2, 0.25) is 0 Å². The molecule has 0 aromatic rings. The largest absolute Gasteiger partial charge is 0.756 e. The Morgan fingerprint density at radius 1 is 0.886 bits per heavy atom. The number of likely N-dealkylation sites (N-methyl/N-ethyl adjacent to an activating group) is 1. The van der Waals surface area contributed by atoms with E-state index >= 15 is 0 Å². The Balaban J connectivity index is 2.04. The van der Waals surface area contributed by atoms with Crippen LogP contribution in [0, 0.1) is 0 Å². The predicted octanol–water partition coefficient (Wildman–Crippen LogP) is 6.96. The molecule has 35 heavy (non-hydrogen) atoms. The standard InChI is InChI=1S/C27H56NO5PS/c1-5-6-7-8-9-10-11-12-13-14-15-16-17-18-24-35-27-20-19-22-31-26(27)25-33-34(29,30)32-23-21-28(2,3)4/h26-27H,5-25H2,1-4H3/t26-,27-/m0/s1. The van der Waals surface area contributed by atoms with Gasteiger partial charge in [0, 0.05) is 11.9 Å². The van der Waals surface area contributed by atoms with Gasteiger partial charge in [-0.1, -0.05) is 90.4 Å². The number of unbranched alkanes of at least 4 members (excludes halogenated alkanes) is 13. The first-order chi connectivity index (χ1) is 16.7. The second-order valence-electron chi connectivity index (χ2n) is 11.1. The number of phosphoric acid groups is 1. The highest BCUT2D eigenvalue weighted by Crippen LogP contribution is 2.39. The molecule has 0 amide bonds. The molecule has 0 spiro atoms. The van der Waals surface area contributed by atoms with Crippen molar-refractivity contribution in [3.05, 3.63) is 0 Å². The van der Waals surface area contributed by atoms with Gasteiger partial charge in [-0.2, -0.15) is 11.8 Å². The smallest absolute Gasteiger partial charge is 0.268 e. The lowest BCUT2D eigenvalue weighted by atomic mass is 10.0. The highest BCUT2D eigenvalue weighted by molar-refractivity contribution is 7.99. The monoisotopic (exact) mass is 537 g/mol. The SMILES string of the molecule is CCCCCCCCCCCCCCCCS[C@H]1CCCO[C@H]1COP(=O)([O-])OCC[N+](C)(C)C. The maximum atomic E-state index is 12.1. The summed E-state index contributed by atoms with van der Waals surface area (Å²) in [6, 6.07) is 0. The average molecular weight is 538 g/mol. The topological polar surface area (TPSA) is 67.8 Å². The van der Waals surface area contributed by atoms with Crippen LogP contribution >= 0.6 is 19.6 Å². The summed E-state index contributed by atoms with van der Waals surface area (Å²) >= 11 is 1.92. The molecule has 6 nitrogen and oxygen atoms in total. The Hall–Kier alpha value is 0.380. The molecule has 1 unspecified atom stereocenters. The predicted molar refractivity (Wildman–Crippen MR) is 148 cm³/mol. The molecular formula is C27H56NO5PS. The Morgan fingerprint density at radius 3 is 1.97 bits per heavy atom. The third-order valence-corrected chi connectivity index (χ3v) is 9.07. The van der Waals surface area contributed by atoms with Crippen LogP contribution < -0.4 is 4.89 Å². The van der Waals surface area contributed by atoms with Gasteiger partial charge in [0.15, 0.2) is 0 Å². The summed E-state index contributed by atoms with van der Waals surface area (Å²) in [5.74, 6) is 1.11. The van der Waals surface area contributed by atoms with Gasteiger partial charge in [0.25, 0.3) is 7.82 Å². The lowest BCUT2D eigenvalue weighted by molar-refractivity contribution is -0.870. The zero-order valence-electron chi connectivity index (χ0n) is 23.3. The molecule has 210 valence electrons. The summed E-state index contributed by atoms with van der Waals surface area (Å²) < 4.78 is 28.8. The molecule has 1 fully saturated rings. The maximum Gasteiger partial charge on any atom is 0.268 e. The van der Waals surface area contributed by atoms with E-state index in [0.717, 1.165) is 18.6 Å². The van der Waals surface area contributed by atoms with Crippen molar-refractivity contribution in [1.29, 1.82) is 0 Å². The molecule has 0 radical (unpaired) electrons.